The zero-order valence-corrected chi connectivity index (χ0v) is 13.5. The van der Waals surface area contributed by atoms with Gasteiger partial charge in [0.2, 0.25) is 5.91 Å². The number of rotatable bonds is 2. The van der Waals surface area contributed by atoms with Crippen molar-refractivity contribution < 1.29 is 14.1 Å². The Balaban J connectivity index is 1.98. The van der Waals surface area contributed by atoms with Crippen molar-refractivity contribution >= 4 is 24.2 Å². The first kappa shape index (κ1) is 16.1. The van der Waals surface area contributed by atoms with E-state index in [9.17, 15) is 4.79 Å². The third-order valence-electron chi connectivity index (χ3n) is 3.37. The Hall–Kier alpha value is -1.33. The minimum atomic E-state index is -0.403. The fourth-order valence-electron chi connectivity index (χ4n) is 1.93. The highest BCUT2D eigenvalue weighted by Crippen LogP contribution is 2.22. The van der Waals surface area contributed by atoms with Gasteiger partial charge in [-0.3, -0.25) is 4.79 Å². The second-order valence-corrected chi connectivity index (χ2v) is 7.44. The standard InChI is InChI=1S/C16H24BNO3/c1-15(2,3)14(19)18-13-8-6-12(7-9-13)17-20-10-16(4,5)11-21-17/h6-9H,10-11H2,1-5H3,(H,18,19). The quantitative estimate of drug-likeness (QED) is 0.851. The van der Waals surface area contributed by atoms with Gasteiger partial charge in [0.1, 0.15) is 0 Å². The van der Waals surface area contributed by atoms with Crippen molar-refractivity contribution in [3.05, 3.63) is 24.3 Å². The van der Waals surface area contributed by atoms with Crippen molar-refractivity contribution in [2.24, 2.45) is 10.8 Å². The summed E-state index contributed by atoms with van der Waals surface area (Å²) in [5, 5.41) is 2.90. The van der Waals surface area contributed by atoms with Gasteiger partial charge in [0.05, 0.1) is 0 Å². The van der Waals surface area contributed by atoms with Crippen LogP contribution in [0.5, 0.6) is 0 Å². The first-order chi connectivity index (χ1) is 9.67. The Labute approximate surface area is 127 Å². The molecule has 0 atom stereocenters. The maximum Gasteiger partial charge on any atom is 0.493 e. The van der Waals surface area contributed by atoms with Crippen LogP contribution in [-0.2, 0) is 14.1 Å². The lowest BCUT2D eigenvalue weighted by atomic mass is 9.76. The van der Waals surface area contributed by atoms with Gasteiger partial charge < -0.3 is 14.6 Å². The third-order valence-corrected chi connectivity index (χ3v) is 3.37. The Bertz CT molecular complexity index is 495. The van der Waals surface area contributed by atoms with E-state index in [2.05, 4.69) is 19.2 Å². The molecular weight excluding hydrogens is 265 g/mol. The van der Waals surface area contributed by atoms with E-state index in [-0.39, 0.29) is 18.4 Å². The molecule has 114 valence electrons. The third kappa shape index (κ3) is 4.32. The van der Waals surface area contributed by atoms with E-state index in [1.54, 1.807) is 0 Å². The molecule has 1 aromatic carbocycles. The number of hydrogen-bond donors (Lipinski definition) is 1. The molecule has 1 heterocycles. The molecule has 0 aromatic heterocycles. The smallest absolute Gasteiger partial charge is 0.407 e. The molecule has 5 heteroatoms. The summed E-state index contributed by atoms with van der Waals surface area (Å²) in [6.07, 6.45) is 0. The van der Waals surface area contributed by atoms with Crippen molar-refractivity contribution in [2.75, 3.05) is 18.5 Å². The van der Waals surface area contributed by atoms with E-state index in [0.29, 0.717) is 13.2 Å². The molecule has 0 saturated carbocycles. The van der Waals surface area contributed by atoms with Gasteiger partial charge >= 0.3 is 7.12 Å². The molecule has 2 rings (SSSR count). The van der Waals surface area contributed by atoms with Crippen LogP contribution in [0.3, 0.4) is 0 Å². The molecule has 1 saturated heterocycles. The van der Waals surface area contributed by atoms with Gasteiger partial charge in [0.25, 0.3) is 0 Å². The highest BCUT2D eigenvalue weighted by molar-refractivity contribution is 6.61. The van der Waals surface area contributed by atoms with Crippen LogP contribution in [0.1, 0.15) is 34.6 Å². The summed E-state index contributed by atoms with van der Waals surface area (Å²) in [5.74, 6) is 0.00201. The number of carbonyl (C=O) groups excluding carboxylic acids is 1. The minimum absolute atomic E-state index is 0.00201. The van der Waals surface area contributed by atoms with E-state index < -0.39 is 5.41 Å². The number of anilines is 1. The molecule has 4 nitrogen and oxygen atoms in total. The van der Waals surface area contributed by atoms with Crippen LogP contribution >= 0.6 is 0 Å². The number of hydrogen-bond acceptors (Lipinski definition) is 3. The molecule has 1 fully saturated rings. The molecule has 1 aliphatic heterocycles. The summed E-state index contributed by atoms with van der Waals surface area (Å²) in [6, 6.07) is 7.62. The molecule has 0 aliphatic carbocycles. The van der Waals surface area contributed by atoms with Crippen LogP contribution in [-0.4, -0.2) is 26.2 Å². The zero-order valence-electron chi connectivity index (χ0n) is 13.5. The summed E-state index contributed by atoms with van der Waals surface area (Å²) < 4.78 is 11.5. The Morgan fingerprint density at radius 3 is 2.14 bits per heavy atom. The normalized spacial score (nSPS) is 18.4. The van der Waals surface area contributed by atoms with E-state index in [4.69, 9.17) is 9.31 Å². The average molecular weight is 289 g/mol. The summed E-state index contributed by atoms with van der Waals surface area (Å²) >= 11 is 0. The lowest BCUT2D eigenvalue weighted by Gasteiger charge is -2.33. The number of amides is 1. The molecule has 1 aromatic rings. The van der Waals surface area contributed by atoms with Crippen molar-refractivity contribution in [2.45, 2.75) is 34.6 Å². The van der Waals surface area contributed by atoms with Crippen molar-refractivity contribution in [3.63, 3.8) is 0 Å². The number of carbonyl (C=O) groups is 1. The van der Waals surface area contributed by atoms with Gasteiger partial charge in [-0.15, -0.1) is 0 Å². The summed E-state index contributed by atoms with van der Waals surface area (Å²) in [4.78, 5) is 11.9. The molecular formula is C16H24BNO3. The monoisotopic (exact) mass is 289 g/mol. The topological polar surface area (TPSA) is 47.6 Å². The maximum atomic E-state index is 11.9. The fraction of sp³-hybridized carbons (Fsp3) is 0.562. The van der Waals surface area contributed by atoms with Crippen LogP contribution in [0.15, 0.2) is 24.3 Å². The van der Waals surface area contributed by atoms with Gasteiger partial charge in [-0.2, -0.15) is 0 Å². The largest absolute Gasteiger partial charge is 0.493 e. The zero-order chi connectivity index (χ0) is 15.7. The van der Waals surface area contributed by atoms with Crippen LogP contribution in [0.4, 0.5) is 5.69 Å². The predicted molar refractivity (Wildman–Crippen MR) is 85.6 cm³/mol. The van der Waals surface area contributed by atoms with Crippen molar-refractivity contribution in [3.8, 4) is 0 Å². The number of benzene rings is 1. The Morgan fingerprint density at radius 1 is 1.14 bits per heavy atom. The van der Waals surface area contributed by atoms with E-state index in [0.717, 1.165) is 11.2 Å². The van der Waals surface area contributed by atoms with Gasteiger partial charge in [0.15, 0.2) is 0 Å². The average Bonchev–Trinajstić information content (AvgIpc) is 2.39. The van der Waals surface area contributed by atoms with Crippen LogP contribution < -0.4 is 10.8 Å². The molecule has 1 amide bonds. The molecule has 0 radical (unpaired) electrons. The highest BCUT2D eigenvalue weighted by atomic mass is 16.6. The highest BCUT2D eigenvalue weighted by Gasteiger charge is 2.33. The van der Waals surface area contributed by atoms with Crippen LogP contribution in [0, 0.1) is 10.8 Å². The van der Waals surface area contributed by atoms with Crippen molar-refractivity contribution in [1.82, 2.24) is 0 Å². The second kappa shape index (κ2) is 5.81. The fourth-order valence-corrected chi connectivity index (χ4v) is 1.93. The first-order valence-corrected chi connectivity index (χ1v) is 7.32. The van der Waals surface area contributed by atoms with Gasteiger partial charge in [0, 0.05) is 29.7 Å². The van der Waals surface area contributed by atoms with Gasteiger partial charge in [-0.05, 0) is 17.6 Å². The van der Waals surface area contributed by atoms with Gasteiger partial charge in [-0.25, -0.2) is 0 Å². The molecule has 1 N–H and O–H groups in total. The molecule has 21 heavy (non-hydrogen) atoms. The lowest BCUT2D eigenvalue weighted by molar-refractivity contribution is -0.123. The minimum Gasteiger partial charge on any atom is -0.407 e. The van der Waals surface area contributed by atoms with Gasteiger partial charge in [-0.1, -0.05) is 46.8 Å². The SMILES string of the molecule is CC1(C)COB(c2ccc(NC(=O)C(C)(C)C)cc2)OC1. The molecule has 1 aliphatic rings. The first-order valence-electron chi connectivity index (χ1n) is 7.32. The van der Waals surface area contributed by atoms with Crippen LogP contribution in [0.25, 0.3) is 0 Å². The molecule has 0 spiro atoms. The van der Waals surface area contributed by atoms with E-state index >= 15 is 0 Å². The number of nitrogens with one attached hydrogen (secondary N) is 1. The Morgan fingerprint density at radius 2 is 1.67 bits per heavy atom. The van der Waals surface area contributed by atoms with E-state index in [1.165, 1.54) is 0 Å². The van der Waals surface area contributed by atoms with Crippen molar-refractivity contribution in [1.29, 1.82) is 0 Å². The summed E-state index contributed by atoms with van der Waals surface area (Å²) in [6.45, 7) is 11.3. The summed E-state index contributed by atoms with van der Waals surface area (Å²) in [7, 11) is -0.314. The maximum absolute atomic E-state index is 11.9. The lowest BCUT2D eigenvalue weighted by Crippen LogP contribution is -2.47. The molecule has 0 unspecified atom stereocenters. The summed E-state index contributed by atoms with van der Waals surface area (Å²) in [5.41, 5.74) is 1.42. The predicted octanol–water partition coefficient (Wildman–Crippen LogP) is 2.44. The molecule has 0 bridgehead atoms. The second-order valence-electron chi connectivity index (χ2n) is 7.44. The Kier molecular flexibility index (Phi) is 4.44. The van der Waals surface area contributed by atoms with Crippen LogP contribution in [0.2, 0.25) is 0 Å². The van der Waals surface area contributed by atoms with E-state index in [1.807, 2.05) is 45.0 Å².